The maximum absolute atomic E-state index is 8.44. The van der Waals surface area contributed by atoms with Gasteiger partial charge >= 0.3 is 0 Å². The molecule has 0 unspecified atom stereocenters. The van der Waals surface area contributed by atoms with Gasteiger partial charge in [0.05, 0.1) is 12.5 Å². The molecule has 1 aromatic rings. The third-order valence-electron chi connectivity index (χ3n) is 1.71. The van der Waals surface area contributed by atoms with Gasteiger partial charge in [-0.05, 0) is 13.0 Å². The molecule has 0 bridgehead atoms. The molecule has 1 rings (SSSR count). The second-order valence-electron chi connectivity index (χ2n) is 2.54. The molecule has 68 valence electrons. The predicted molar refractivity (Wildman–Crippen MR) is 50.1 cm³/mol. The van der Waals surface area contributed by atoms with Crippen molar-refractivity contribution in [2.75, 3.05) is 18.0 Å². The minimum absolute atomic E-state index is 0.506. The molecule has 0 saturated heterocycles. The molecule has 4 heteroatoms. The minimum atomic E-state index is 0.506. The molecule has 0 saturated carbocycles. The molecule has 1 heterocycles. The molecule has 0 radical (unpaired) electrons. The van der Waals surface area contributed by atoms with Gasteiger partial charge in [-0.1, -0.05) is 0 Å². The quantitative estimate of drug-likeness (QED) is 0.692. The van der Waals surface area contributed by atoms with Gasteiger partial charge in [-0.3, -0.25) is 0 Å². The molecule has 0 aliphatic carbocycles. The number of hydrogen-bond acceptors (Lipinski definition) is 4. The van der Waals surface area contributed by atoms with Gasteiger partial charge in [0.15, 0.2) is 0 Å². The predicted octanol–water partition coefficient (Wildman–Crippen LogP) is 1.22. The summed E-state index contributed by atoms with van der Waals surface area (Å²) in [6, 6.07) is 3.88. The number of anilines is 1. The molecule has 0 spiro atoms. The van der Waals surface area contributed by atoms with Crippen molar-refractivity contribution in [1.82, 2.24) is 9.97 Å². The standard InChI is InChI=1S/C9H12N4/c1-2-13(8-3-5-10)9-11-6-4-7-12-9/h4,6-7H,2-3,8H2,1H3. The molecule has 0 aromatic carbocycles. The molecule has 0 atom stereocenters. The fraction of sp³-hybridized carbons (Fsp3) is 0.444. The monoisotopic (exact) mass is 176 g/mol. The lowest BCUT2D eigenvalue weighted by Gasteiger charge is -2.18. The first-order valence-corrected chi connectivity index (χ1v) is 4.27. The summed E-state index contributed by atoms with van der Waals surface area (Å²) in [4.78, 5) is 10.2. The maximum atomic E-state index is 8.44. The van der Waals surface area contributed by atoms with E-state index in [1.54, 1.807) is 18.5 Å². The number of aromatic nitrogens is 2. The van der Waals surface area contributed by atoms with E-state index in [9.17, 15) is 0 Å². The molecular formula is C9H12N4. The van der Waals surface area contributed by atoms with Crippen LogP contribution in [0.3, 0.4) is 0 Å². The van der Waals surface area contributed by atoms with Crippen LogP contribution in [-0.2, 0) is 0 Å². The third kappa shape index (κ3) is 2.71. The van der Waals surface area contributed by atoms with Crippen LogP contribution in [0.2, 0.25) is 0 Å². The third-order valence-corrected chi connectivity index (χ3v) is 1.71. The van der Waals surface area contributed by atoms with E-state index in [4.69, 9.17) is 5.26 Å². The van der Waals surface area contributed by atoms with E-state index in [2.05, 4.69) is 16.0 Å². The van der Waals surface area contributed by atoms with Crippen molar-refractivity contribution >= 4 is 5.95 Å². The normalized spacial score (nSPS) is 9.23. The van der Waals surface area contributed by atoms with Crippen LogP contribution >= 0.6 is 0 Å². The summed E-state index contributed by atoms with van der Waals surface area (Å²) < 4.78 is 0. The Kier molecular flexibility index (Phi) is 3.71. The van der Waals surface area contributed by atoms with Crippen LogP contribution in [0.15, 0.2) is 18.5 Å². The molecule has 0 fully saturated rings. The Morgan fingerprint density at radius 3 is 2.69 bits per heavy atom. The van der Waals surface area contributed by atoms with Crippen molar-refractivity contribution in [3.05, 3.63) is 18.5 Å². The van der Waals surface area contributed by atoms with Gasteiger partial charge in [0, 0.05) is 25.5 Å². The highest BCUT2D eigenvalue weighted by molar-refractivity contribution is 5.27. The Balaban J connectivity index is 2.63. The summed E-state index contributed by atoms with van der Waals surface area (Å²) in [7, 11) is 0. The fourth-order valence-electron chi connectivity index (χ4n) is 1.04. The summed E-state index contributed by atoms with van der Waals surface area (Å²) in [6.07, 6.45) is 3.92. The van der Waals surface area contributed by atoms with Crippen molar-refractivity contribution in [3.8, 4) is 6.07 Å². The second-order valence-corrected chi connectivity index (χ2v) is 2.54. The smallest absolute Gasteiger partial charge is 0.225 e. The average molecular weight is 176 g/mol. The highest BCUT2D eigenvalue weighted by Crippen LogP contribution is 2.04. The molecule has 0 N–H and O–H groups in total. The van der Waals surface area contributed by atoms with Crippen molar-refractivity contribution in [3.63, 3.8) is 0 Å². The van der Waals surface area contributed by atoms with Crippen LogP contribution in [0.4, 0.5) is 5.95 Å². The zero-order chi connectivity index (χ0) is 9.52. The van der Waals surface area contributed by atoms with E-state index in [-0.39, 0.29) is 0 Å². The molecular weight excluding hydrogens is 164 g/mol. The first-order chi connectivity index (χ1) is 6.38. The summed E-state index contributed by atoms with van der Waals surface area (Å²) in [5, 5.41) is 8.44. The van der Waals surface area contributed by atoms with Crippen LogP contribution in [0.5, 0.6) is 0 Å². The Morgan fingerprint density at radius 2 is 2.15 bits per heavy atom. The summed E-state index contributed by atoms with van der Waals surface area (Å²) in [6.45, 7) is 3.54. The summed E-state index contributed by atoms with van der Waals surface area (Å²) >= 11 is 0. The SMILES string of the molecule is CCN(CCC#N)c1ncccn1. The molecule has 1 aromatic heterocycles. The Bertz CT molecular complexity index is 277. The molecule has 4 nitrogen and oxygen atoms in total. The first kappa shape index (κ1) is 9.46. The molecule has 0 amide bonds. The minimum Gasteiger partial charge on any atom is -0.340 e. The van der Waals surface area contributed by atoms with Gasteiger partial charge in [-0.25, -0.2) is 9.97 Å². The van der Waals surface area contributed by atoms with Gasteiger partial charge in [0.1, 0.15) is 0 Å². The first-order valence-electron chi connectivity index (χ1n) is 4.27. The highest BCUT2D eigenvalue weighted by Gasteiger charge is 2.04. The zero-order valence-electron chi connectivity index (χ0n) is 7.64. The summed E-state index contributed by atoms with van der Waals surface area (Å²) in [5.41, 5.74) is 0. The van der Waals surface area contributed by atoms with E-state index < -0.39 is 0 Å². The van der Waals surface area contributed by atoms with E-state index >= 15 is 0 Å². The van der Waals surface area contributed by atoms with Crippen molar-refractivity contribution in [2.24, 2.45) is 0 Å². The number of nitriles is 1. The summed E-state index contributed by atoms with van der Waals surface area (Å²) in [5.74, 6) is 0.695. The van der Waals surface area contributed by atoms with Crippen molar-refractivity contribution in [2.45, 2.75) is 13.3 Å². The van der Waals surface area contributed by atoms with Crippen LogP contribution in [-0.4, -0.2) is 23.1 Å². The second kappa shape index (κ2) is 5.09. The average Bonchev–Trinajstić information content (AvgIpc) is 2.21. The van der Waals surface area contributed by atoms with Crippen LogP contribution in [0.25, 0.3) is 0 Å². The van der Waals surface area contributed by atoms with Gasteiger partial charge in [-0.15, -0.1) is 0 Å². The highest BCUT2D eigenvalue weighted by atomic mass is 15.2. The van der Waals surface area contributed by atoms with Crippen LogP contribution < -0.4 is 4.90 Å². The van der Waals surface area contributed by atoms with Crippen LogP contribution in [0, 0.1) is 11.3 Å². The topological polar surface area (TPSA) is 52.8 Å². The lowest BCUT2D eigenvalue weighted by Crippen LogP contribution is -2.25. The van der Waals surface area contributed by atoms with E-state index in [0.717, 1.165) is 6.54 Å². The van der Waals surface area contributed by atoms with Gasteiger partial charge in [0.25, 0.3) is 0 Å². The Labute approximate surface area is 77.8 Å². The number of nitrogens with zero attached hydrogens (tertiary/aromatic N) is 4. The lowest BCUT2D eigenvalue weighted by molar-refractivity contribution is 0.790. The van der Waals surface area contributed by atoms with Gasteiger partial charge in [0.2, 0.25) is 5.95 Å². The van der Waals surface area contributed by atoms with Crippen molar-refractivity contribution in [1.29, 1.82) is 5.26 Å². The Hall–Kier alpha value is -1.63. The molecule has 0 aliphatic rings. The maximum Gasteiger partial charge on any atom is 0.225 e. The van der Waals surface area contributed by atoms with Gasteiger partial charge in [-0.2, -0.15) is 5.26 Å². The van der Waals surface area contributed by atoms with Crippen molar-refractivity contribution < 1.29 is 0 Å². The van der Waals surface area contributed by atoms with Gasteiger partial charge < -0.3 is 4.90 Å². The van der Waals surface area contributed by atoms with E-state index in [1.807, 2.05) is 11.8 Å². The van der Waals surface area contributed by atoms with E-state index in [0.29, 0.717) is 18.9 Å². The molecule has 0 aliphatic heterocycles. The zero-order valence-corrected chi connectivity index (χ0v) is 7.64. The number of hydrogen-bond donors (Lipinski definition) is 0. The molecule has 13 heavy (non-hydrogen) atoms. The fourth-order valence-corrected chi connectivity index (χ4v) is 1.04. The number of rotatable bonds is 4. The Morgan fingerprint density at radius 1 is 1.46 bits per heavy atom. The van der Waals surface area contributed by atoms with Crippen LogP contribution in [0.1, 0.15) is 13.3 Å². The van der Waals surface area contributed by atoms with E-state index in [1.165, 1.54) is 0 Å². The lowest BCUT2D eigenvalue weighted by atomic mass is 10.4. The largest absolute Gasteiger partial charge is 0.340 e.